The number of nitrogens with one attached hydrogen (secondary N) is 2. The Kier molecular flexibility index (Phi) is 5.10. The third-order valence-electron chi connectivity index (χ3n) is 4.55. The fourth-order valence-corrected chi connectivity index (χ4v) is 3.80. The molecule has 0 radical (unpaired) electrons. The molecule has 2 aliphatic carbocycles. The van der Waals surface area contributed by atoms with Crippen LogP contribution in [0, 0.1) is 11.3 Å². The second-order valence-electron chi connectivity index (χ2n) is 6.75. The molecule has 5 nitrogen and oxygen atoms in total. The van der Waals surface area contributed by atoms with Crippen LogP contribution >= 0.6 is 0 Å². The van der Waals surface area contributed by atoms with E-state index in [0.717, 1.165) is 18.9 Å². The SMILES string of the molecule is CC(C)NCCCN(C)S(=O)(=O)NCC1(C2CC2)CC1. The summed E-state index contributed by atoms with van der Waals surface area (Å²) < 4.78 is 28.6. The van der Waals surface area contributed by atoms with Crippen LogP contribution in [0.3, 0.4) is 0 Å². The van der Waals surface area contributed by atoms with Gasteiger partial charge in [0.05, 0.1) is 0 Å². The summed E-state index contributed by atoms with van der Waals surface area (Å²) in [5.74, 6) is 0.783. The first-order valence-corrected chi connectivity index (χ1v) is 9.24. The molecule has 0 aromatic heterocycles. The predicted octanol–water partition coefficient (Wildman–Crippen LogP) is 1.33. The molecule has 0 amide bonds. The van der Waals surface area contributed by atoms with Crippen molar-refractivity contribution in [3.05, 3.63) is 0 Å². The molecule has 0 aromatic rings. The maximum atomic E-state index is 12.2. The summed E-state index contributed by atoms with van der Waals surface area (Å²) in [6.07, 6.45) is 5.81. The molecule has 2 N–H and O–H groups in total. The van der Waals surface area contributed by atoms with Crippen LogP contribution in [-0.2, 0) is 10.2 Å². The molecule has 0 unspecified atom stereocenters. The van der Waals surface area contributed by atoms with Gasteiger partial charge in [0.15, 0.2) is 0 Å². The van der Waals surface area contributed by atoms with E-state index in [9.17, 15) is 8.42 Å². The molecule has 2 saturated carbocycles. The van der Waals surface area contributed by atoms with Crippen LogP contribution < -0.4 is 10.0 Å². The number of nitrogens with zero attached hydrogens (tertiary/aromatic N) is 1. The van der Waals surface area contributed by atoms with Crippen LogP contribution in [0.4, 0.5) is 0 Å². The van der Waals surface area contributed by atoms with E-state index in [1.165, 1.54) is 30.0 Å². The number of hydrogen-bond donors (Lipinski definition) is 2. The molecular weight excluding hydrogens is 274 g/mol. The topological polar surface area (TPSA) is 61.4 Å². The predicted molar refractivity (Wildman–Crippen MR) is 81.7 cm³/mol. The van der Waals surface area contributed by atoms with Crippen molar-refractivity contribution in [3.63, 3.8) is 0 Å². The maximum Gasteiger partial charge on any atom is 0.279 e. The van der Waals surface area contributed by atoms with Gasteiger partial charge in [0.25, 0.3) is 10.2 Å². The van der Waals surface area contributed by atoms with E-state index in [1.807, 2.05) is 0 Å². The van der Waals surface area contributed by atoms with Crippen LogP contribution in [0.25, 0.3) is 0 Å². The van der Waals surface area contributed by atoms with E-state index in [4.69, 9.17) is 0 Å². The third kappa shape index (κ3) is 4.41. The van der Waals surface area contributed by atoms with E-state index in [1.54, 1.807) is 7.05 Å². The van der Waals surface area contributed by atoms with Crippen molar-refractivity contribution in [2.24, 2.45) is 11.3 Å². The molecule has 0 aliphatic heterocycles. The molecular formula is C14H29N3O2S. The zero-order valence-corrected chi connectivity index (χ0v) is 13.8. The van der Waals surface area contributed by atoms with E-state index in [0.29, 0.717) is 24.5 Å². The molecule has 0 bridgehead atoms. The fourth-order valence-electron chi connectivity index (χ4n) is 2.74. The quantitative estimate of drug-likeness (QED) is 0.599. The van der Waals surface area contributed by atoms with Crippen molar-refractivity contribution < 1.29 is 8.42 Å². The molecule has 20 heavy (non-hydrogen) atoms. The van der Waals surface area contributed by atoms with Gasteiger partial charge in [-0.25, -0.2) is 4.72 Å². The van der Waals surface area contributed by atoms with Gasteiger partial charge < -0.3 is 5.32 Å². The van der Waals surface area contributed by atoms with Gasteiger partial charge in [-0.2, -0.15) is 12.7 Å². The monoisotopic (exact) mass is 303 g/mol. The Bertz CT molecular complexity index is 414. The van der Waals surface area contributed by atoms with E-state index >= 15 is 0 Å². The molecule has 0 spiro atoms. The Morgan fingerprint density at radius 3 is 2.45 bits per heavy atom. The van der Waals surface area contributed by atoms with Gasteiger partial charge in [0.2, 0.25) is 0 Å². The number of hydrogen-bond acceptors (Lipinski definition) is 3. The summed E-state index contributed by atoms with van der Waals surface area (Å²) in [4.78, 5) is 0. The van der Waals surface area contributed by atoms with Crippen LogP contribution in [0.15, 0.2) is 0 Å². The first-order valence-electron chi connectivity index (χ1n) is 7.80. The van der Waals surface area contributed by atoms with Gasteiger partial charge in [-0.15, -0.1) is 0 Å². The largest absolute Gasteiger partial charge is 0.314 e. The lowest BCUT2D eigenvalue weighted by Gasteiger charge is -2.21. The smallest absolute Gasteiger partial charge is 0.279 e. The molecule has 0 atom stereocenters. The highest BCUT2D eigenvalue weighted by atomic mass is 32.2. The summed E-state index contributed by atoms with van der Waals surface area (Å²) in [5.41, 5.74) is 0.313. The van der Waals surface area contributed by atoms with Crippen molar-refractivity contribution >= 4 is 10.2 Å². The van der Waals surface area contributed by atoms with Gasteiger partial charge in [0.1, 0.15) is 0 Å². The van der Waals surface area contributed by atoms with Crippen LogP contribution in [-0.4, -0.2) is 45.4 Å². The minimum Gasteiger partial charge on any atom is -0.314 e. The zero-order chi connectivity index (χ0) is 14.8. The van der Waals surface area contributed by atoms with E-state index in [2.05, 4.69) is 23.9 Å². The average Bonchev–Trinajstić information content (AvgIpc) is 3.24. The summed E-state index contributed by atoms with van der Waals surface area (Å²) in [7, 11) is -1.64. The summed E-state index contributed by atoms with van der Waals surface area (Å²) in [6.45, 7) is 6.23. The Hall–Kier alpha value is -0.170. The molecule has 0 saturated heterocycles. The van der Waals surface area contributed by atoms with Crippen LogP contribution in [0.2, 0.25) is 0 Å². The highest BCUT2D eigenvalue weighted by Crippen LogP contribution is 2.60. The number of rotatable bonds is 10. The van der Waals surface area contributed by atoms with Crippen LogP contribution in [0.1, 0.15) is 46.0 Å². The lowest BCUT2D eigenvalue weighted by atomic mass is 10.0. The second-order valence-corrected chi connectivity index (χ2v) is 8.61. The van der Waals surface area contributed by atoms with Crippen molar-refractivity contribution in [1.82, 2.24) is 14.3 Å². The molecule has 0 aromatic carbocycles. The molecule has 2 fully saturated rings. The molecule has 6 heteroatoms. The van der Waals surface area contributed by atoms with Crippen LogP contribution in [0.5, 0.6) is 0 Å². The Morgan fingerprint density at radius 2 is 1.95 bits per heavy atom. The van der Waals surface area contributed by atoms with Crippen molar-refractivity contribution in [1.29, 1.82) is 0 Å². The Balaban J connectivity index is 1.69. The minimum absolute atomic E-state index is 0.313. The van der Waals surface area contributed by atoms with Gasteiger partial charge in [0, 0.05) is 26.2 Å². The van der Waals surface area contributed by atoms with E-state index in [-0.39, 0.29) is 0 Å². The standard InChI is InChI=1S/C14H29N3O2S/c1-12(2)15-9-4-10-17(3)20(18,19)16-11-14(7-8-14)13-5-6-13/h12-13,15-16H,4-11H2,1-3H3. The Morgan fingerprint density at radius 1 is 1.30 bits per heavy atom. The van der Waals surface area contributed by atoms with Gasteiger partial charge in [-0.05, 0) is 50.0 Å². The fraction of sp³-hybridized carbons (Fsp3) is 1.00. The first-order chi connectivity index (χ1) is 9.36. The highest BCUT2D eigenvalue weighted by molar-refractivity contribution is 7.87. The third-order valence-corrected chi connectivity index (χ3v) is 6.07. The lowest BCUT2D eigenvalue weighted by molar-refractivity contribution is 0.405. The summed E-state index contributed by atoms with van der Waals surface area (Å²) >= 11 is 0. The lowest BCUT2D eigenvalue weighted by Crippen LogP contribution is -2.42. The normalized spacial score (nSPS) is 21.6. The van der Waals surface area contributed by atoms with Crippen molar-refractivity contribution in [2.75, 3.05) is 26.7 Å². The summed E-state index contributed by atoms with van der Waals surface area (Å²) in [6, 6.07) is 0.448. The zero-order valence-electron chi connectivity index (χ0n) is 13.0. The van der Waals surface area contributed by atoms with Crippen molar-refractivity contribution in [2.45, 2.75) is 52.0 Å². The minimum atomic E-state index is -3.30. The summed E-state index contributed by atoms with van der Waals surface area (Å²) in [5, 5.41) is 3.30. The van der Waals surface area contributed by atoms with Gasteiger partial charge in [-0.3, -0.25) is 0 Å². The molecule has 118 valence electrons. The van der Waals surface area contributed by atoms with Gasteiger partial charge in [-0.1, -0.05) is 13.8 Å². The van der Waals surface area contributed by atoms with E-state index < -0.39 is 10.2 Å². The van der Waals surface area contributed by atoms with Crippen molar-refractivity contribution in [3.8, 4) is 0 Å². The maximum absolute atomic E-state index is 12.2. The molecule has 2 rings (SSSR count). The van der Waals surface area contributed by atoms with Gasteiger partial charge >= 0.3 is 0 Å². The average molecular weight is 303 g/mol. The molecule has 2 aliphatic rings. The second kappa shape index (κ2) is 6.30. The first kappa shape index (κ1) is 16.2. The highest BCUT2D eigenvalue weighted by Gasteiger charge is 2.53. The Labute approximate surface area is 123 Å². The molecule has 0 heterocycles.